The van der Waals surface area contributed by atoms with E-state index in [0.717, 1.165) is 22.5 Å². The van der Waals surface area contributed by atoms with Gasteiger partial charge < -0.3 is 10.7 Å². The number of H-pyrrole nitrogens is 1. The van der Waals surface area contributed by atoms with Crippen LogP contribution in [0.3, 0.4) is 0 Å². The quantitative estimate of drug-likeness (QED) is 0.566. The molecular formula is C13H11N7. The van der Waals surface area contributed by atoms with Gasteiger partial charge in [-0.05, 0) is 5.56 Å². The smallest absolute Gasteiger partial charge is 0.190 e. The highest BCUT2D eigenvalue weighted by Crippen LogP contribution is 2.21. The summed E-state index contributed by atoms with van der Waals surface area (Å²) in [5, 5.41) is 8.46. The first kappa shape index (κ1) is 11.1. The molecule has 0 amide bonds. The second-order valence-electron chi connectivity index (χ2n) is 4.46. The molecular weight excluding hydrogens is 254 g/mol. The fourth-order valence-electron chi connectivity index (χ4n) is 2.22. The van der Waals surface area contributed by atoms with E-state index in [-0.39, 0.29) is 0 Å². The Morgan fingerprint density at radius 2 is 1.95 bits per heavy atom. The fourth-order valence-corrected chi connectivity index (χ4v) is 2.22. The maximum absolute atomic E-state index is 5.61. The molecule has 0 unspecified atom stereocenters. The standard InChI is InChI=1S/C13H11N7/c14-5-8-1-3-9(4-2-8)12-18-19-13-10-11(16-6-15-10)17-7-20(12)13/h1-4,6-7H,5,14H2,(H,15,16). The van der Waals surface area contributed by atoms with Crippen LogP contribution in [0.4, 0.5) is 0 Å². The van der Waals surface area contributed by atoms with Crippen molar-refractivity contribution >= 4 is 16.8 Å². The van der Waals surface area contributed by atoms with Gasteiger partial charge in [-0.15, -0.1) is 10.2 Å². The van der Waals surface area contributed by atoms with Crippen molar-refractivity contribution in [2.24, 2.45) is 5.73 Å². The Bertz CT molecular complexity index is 888. The maximum Gasteiger partial charge on any atom is 0.190 e. The van der Waals surface area contributed by atoms with Gasteiger partial charge in [-0.3, -0.25) is 4.40 Å². The summed E-state index contributed by atoms with van der Waals surface area (Å²) in [6.07, 6.45) is 3.28. The van der Waals surface area contributed by atoms with Gasteiger partial charge in [0, 0.05) is 12.1 Å². The summed E-state index contributed by atoms with van der Waals surface area (Å²) < 4.78 is 1.85. The van der Waals surface area contributed by atoms with Gasteiger partial charge in [0.2, 0.25) is 0 Å². The number of imidazole rings is 1. The number of hydrogen-bond donors (Lipinski definition) is 2. The van der Waals surface area contributed by atoms with Crippen LogP contribution < -0.4 is 5.73 Å². The fraction of sp³-hybridized carbons (Fsp3) is 0.0769. The highest BCUT2D eigenvalue weighted by Gasteiger charge is 2.12. The van der Waals surface area contributed by atoms with Gasteiger partial charge in [0.05, 0.1) is 6.33 Å². The maximum atomic E-state index is 5.61. The van der Waals surface area contributed by atoms with Crippen LogP contribution in [0.25, 0.3) is 28.2 Å². The van der Waals surface area contributed by atoms with Crippen LogP contribution in [0.1, 0.15) is 5.56 Å². The van der Waals surface area contributed by atoms with E-state index in [9.17, 15) is 0 Å². The van der Waals surface area contributed by atoms with Crippen LogP contribution in [0.2, 0.25) is 0 Å². The molecule has 4 rings (SSSR count). The molecule has 7 nitrogen and oxygen atoms in total. The van der Waals surface area contributed by atoms with Gasteiger partial charge in [0.25, 0.3) is 0 Å². The molecule has 3 heterocycles. The van der Waals surface area contributed by atoms with Gasteiger partial charge in [0.15, 0.2) is 17.1 Å². The van der Waals surface area contributed by atoms with E-state index in [1.165, 1.54) is 0 Å². The largest absolute Gasteiger partial charge is 0.340 e. The van der Waals surface area contributed by atoms with E-state index in [0.29, 0.717) is 17.8 Å². The highest BCUT2D eigenvalue weighted by atomic mass is 15.3. The molecule has 4 aromatic rings. The van der Waals surface area contributed by atoms with E-state index >= 15 is 0 Å². The number of benzene rings is 1. The molecule has 20 heavy (non-hydrogen) atoms. The molecule has 0 bridgehead atoms. The lowest BCUT2D eigenvalue weighted by atomic mass is 10.1. The summed E-state index contributed by atoms with van der Waals surface area (Å²) >= 11 is 0. The third kappa shape index (κ3) is 1.50. The molecule has 0 aliphatic rings. The number of nitrogens with zero attached hydrogens (tertiary/aromatic N) is 5. The minimum Gasteiger partial charge on any atom is -0.340 e. The Labute approximate surface area is 113 Å². The van der Waals surface area contributed by atoms with Crippen molar-refractivity contribution < 1.29 is 0 Å². The summed E-state index contributed by atoms with van der Waals surface area (Å²) in [6.45, 7) is 0.525. The van der Waals surface area contributed by atoms with Gasteiger partial charge >= 0.3 is 0 Å². The molecule has 0 spiro atoms. The lowest BCUT2D eigenvalue weighted by molar-refractivity contribution is 1.06. The predicted octanol–water partition coefficient (Wildman–Crippen LogP) is 1.13. The molecule has 3 N–H and O–H groups in total. The van der Waals surface area contributed by atoms with Gasteiger partial charge in [0.1, 0.15) is 11.8 Å². The summed E-state index contributed by atoms with van der Waals surface area (Å²) in [4.78, 5) is 11.4. The van der Waals surface area contributed by atoms with Crippen molar-refractivity contribution in [1.29, 1.82) is 0 Å². The number of fused-ring (bicyclic) bond motifs is 3. The Morgan fingerprint density at radius 3 is 2.75 bits per heavy atom. The van der Waals surface area contributed by atoms with Gasteiger partial charge in [-0.1, -0.05) is 24.3 Å². The Kier molecular flexibility index (Phi) is 2.27. The molecule has 0 atom stereocenters. The molecule has 0 saturated heterocycles. The van der Waals surface area contributed by atoms with Crippen molar-refractivity contribution in [3.8, 4) is 11.4 Å². The molecule has 7 heteroatoms. The molecule has 1 aromatic carbocycles. The number of rotatable bonds is 2. The van der Waals surface area contributed by atoms with Crippen LogP contribution in [0.5, 0.6) is 0 Å². The van der Waals surface area contributed by atoms with Gasteiger partial charge in [-0.2, -0.15) is 0 Å². The first-order chi connectivity index (χ1) is 9.86. The monoisotopic (exact) mass is 265 g/mol. The number of aromatic amines is 1. The number of nitrogens with one attached hydrogen (secondary N) is 1. The Balaban J connectivity index is 1.94. The molecule has 0 aliphatic heterocycles. The topological polar surface area (TPSA) is 97.8 Å². The van der Waals surface area contributed by atoms with Crippen LogP contribution in [-0.2, 0) is 6.54 Å². The zero-order valence-electron chi connectivity index (χ0n) is 10.5. The molecule has 0 radical (unpaired) electrons. The Morgan fingerprint density at radius 1 is 1.10 bits per heavy atom. The SMILES string of the molecule is NCc1ccc(-c2nnc3c4[nH]cnc4ncn23)cc1. The van der Waals surface area contributed by atoms with E-state index in [2.05, 4.69) is 25.1 Å². The molecule has 98 valence electrons. The van der Waals surface area contributed by atoms with Crippen molar-refractivity contribution in [2.45, 2.75) is 6.54 Å². The number of aromatic nitrogens is 6. The average Bonchev–Trinajstić information content (AvgIpc) is 3.13. The second-order valence-corrected chi connectivity index (χ2v) is 4.46. The lowest BCUT2D eigenvalue weighted by Crippen LogP contribution is -1.96. The lowest BCUT2D eigenvalue weighted by Gasteiger charge is -2.01. The molecule has 0 fully saturated rings. The van der Waals surface area contributed by atoms with E-state index < -0.39 is 0 Å². The van der Waals surface area contributed by atoms with E-state index in [1.807, 2.05) is 28.7 Å². The summed E-state index contributed by atoms with van der Waals surface area (Å²) in [5.74, 6) is 0.743. The first-order valence-corrected chi connectivity index (χ1v) is 6.19. The van der Waals surface area contributed by atoms with E-state index in [4.69, 9.17) is 5.73 Å². The summed E-state index contributed by atoms with van der Waals surface area (Å²) in [6, 6.07) is 7.93. The van der Waals surface area contributed by atoms with Crippen LogP contribution in [0, 0.1) is 0 Å². The molecule has 0 aliphatic carbocycles. The zero-order valence-corrected chi connectivity index (χ0v) is 10.5. The molecule has 3 aromatic heterocycles. The second kappa shape index (κ2) is 4.10. The third-order valence-electron chi connectivity index (χ3n) is 3.28. The third-order valence-corrected chi connectivity index (χ3v) is 3.28. The summed E-state index contributed by atoms with van der Waals surface area (Å²) in [7, 11) is 0. The average molecular weight is 265 g/mol. The van der Waals surface area contributed by atoms with Crippen LogP contribution >= 0.6 is 0 Å². The van der Waals surface area contributed by atoms with Crippen molar-refractivity contribution in [3.63, 3.8) is 0 Å². The minimum absolute atomic E-state index is 0.525. The number of hydrogen-bond acceptors (Lipinski definition) is 5. The van der Waals surface area contributed by atoms with Crippen LogP contribution in [0.15, 0.2) is 36.9 Å². The van der Waals surface area contributed by atoms with E-state index in [1.54, 1.807) is 12.7 Å². The number of nitrogens with two attached hydrogens (primary N) is 1. The van der Waals surface area contributed by atoms with Gasteiger partial charge in [-0.25, -0.2) is 9.97 Å². The Hall–Kier alpha value is -2.80. The predicted molar refractivity (Wildman–Crippen MR) is 73.8 cm³/mol. The normalized spacial score (nSPS) is 11.4. The minimum atomic E-state index is 0.525. The first-order valence-electron chi connectivity index (χ1n) is 6.19. The van der Waals surface area contributed by atoms with Crippen LogP contribution in [-0.4, -0.2) is 29.5 Å². The highest BCUT2D eigenvalue weighted by molar-refractivity contribution is 5.85. The zero-order chi connectivity index (χ0) is 13.5. The van der Waals surface area contributed by atoms with Crippen molar-refractivity contribution in [1.82, 2.24) is 29.5 Å². The molecule has 0 saturated carbocycles. The van der Waals surface area contributed by atoms with Crippen molar-refractivity contribution in [2.75, 3.05) is 0 Å². The summed E-state index contributed by atoms with van der Waals surface area (Å²) in [5.41, 5.74) is 9.78. The van der Waals surface area contributed by atoms with Crippen molar-refractivity contribution in [3.05, 3.63) is 42.5 Å².